The van der Waals surface area contributed by atoms with Gasteiger partial charge in [0.05, 0.1) is 16.8 Å². The Hall–Kier alpha value is -4.36. The lowest BCUT2D eigenvalue weighted by molar-refractivity contribution is -0.385. The van der Waals surface area contributed by atoms with Gasteiger partial charge in [-0.05, 0) is 59.7 Å². The zero-order chi connectivity index (χ0) is 31.1. The number of hydrogen-bond donors (Lipinski definition) is 1. The monoisotopic (exact) mass is 586 g/mol. The SMILES string of the molecule is CC(C)(C)OC(=O)N1CCN(c2ccc(N)cn2)CC1.CC(C)(C)OC(=O)N1CCN(c2ccc([N+](=O)[O-])cn2)CC1. The molecule has 4 heterocycles. The van der Waals surface area contributed by atoms with Crippen molar-refractivity contribution in [2.45, 2.75) is 52.7 Å². The molecule has 0 atom stereocenters. The Morgan fingerprint density at radius 2 is 1.14 bits per heavy atom. The van der Waals surface area contributed by atoms with E-state index in [9.17, 15) is 19.7 Å². The molecule has 2 aliphatic heterocycles. The second-order valence-electron chi connectivity index (χ2n) is 12.0. The number of pyridine rings is 2. The Kier molecular flexibility index (Phi) is 10.4. The number of piperazine rings is 2. The first-order valence-electron chi connectivity index (χ1n) is 13.9. The summed E-state index contributed by atoms with van der Waals surface area (Å²) < 4.78 is 10.7. The van der Waals surface area contributed by atoms with Gasteiger partial charge in [0, 0.05) is 58.4 Å². The molecule has 2 fully saturated rings. The number of carbonyl (C=O) groups excluding carboxylic acids is 2. The standard InChI is InChI=1S/C14H20N4O4.C14H22N4O2/c1-14(2,3)22-13(19)17-8-6-16(7-9-17)12-5-4-11(10-15-12)18(20)21;1-14(2,3)20-13(19)18-8-6-17(7-9-18)12-5-4-11(15)10-16-12/h4-5,10H,6-9H2,1-3H3;4-5,10H,6-9,15H2,1-3H3. The van der Waals surface area contributed by atoms with Gasteiger partial charge < -0.3 is 34.8 Å². The minimum atomic E-state index is -0.506. The normalized spacial score (nSPS) is 15.9. The number of amides is 2. The fourth-order valence-electron chi connectivity index (χ4n) is 4.15. The van der Waals surface area contributed by atoms with Crippen LogP contribution in [0.15, 0.2) is 36.7 Å². The topological polar surface area (TPSA) is 160 Å². The van der Waals surface area contributed by atoms with E-state index in [0.29, 0.717) is 50.8 Å². The average Bonchev–Trinajstić information content (AvgIpc) is 2.92. The van der Waals surface area contributed by atoms with Crippen LogP contribution in [0, 0.1) is 10.1 Å². The first-order chi connectivity index (χ1) is 19.6. The van der Waals surface area contributed by atoms with E-state index >= 15 is 0 Å². The van der Waals surface area contributed by atoms with Crippen LogP contribution in [0.1, 0.15) is 41.5 Å². The number of nitrogens with zero attached hydrogens (tertiary/aromatic N) is 7. The molecule has 2 N–H and O–H groups in total. The molecule has 0 aromatic carbocycles. The van der Waals surface area contributed by atoms with Crippen molar-refractivity contribution in [3.05, 3.63) is 46.8 Å². The van der Waals surface area contributed by atoms with E-state index in [1.807, 2.05) is 58.6 Å². The molecule has 0 radical (unpaired) electrons. The molecule has 2 aliphatic rings. The Bertz CT molecular complexity index is 1190. The van der Waals surface area contributed by atoms with Crippen molar-refractivity contribution in [2.24, 2.45) is 0 Å². The fourth-order valence-corrected chi connectivity index (χ4v) is 4.15. The van der Waals surface area contributed by atoms with Crippen LogP contribution in [0.5, 0.6) is 0 Å². The molecule has 4 rings (SSSR count). The second kappa shape index (κ2) is 13.5. The number of nitrogen functional groups attached to an aromatic ring is 1. The molecule has 2 aromatic heterocycles. The van der Waals surface area contributed by atoms with Crippen molar-refractivity contribution < 1.29 is 24.0 Å². The van der Waals surface area contributed by atoms with E-state index in [4.69, 9.17) is 15.2 Å². The number of hydrogen-bond acceptors (Lipinski definition) is 11. The zero-order valence-corrected chi connectivity index (χ0v) is 25.3. The van der Waals surface area contributed by atoms with Crippen LogP contribution >= 0.6 is 0 Å². The maximum atomic E-state index is 12.0. The molecule has 14 nitrogen and oxygen atoms in total. The minimum absolute atomic E-state index is 0.0314. The van der Waals surface area contributed by atoms with Crippen LogP contribution in [0.2, 0.25) is 0 Å². The number of rotatable bonds is 3. The third kappa shape index (κ3) is 9.93. The van der Waals surface area contributed by atoms with E-state index in [1.54, 1.807) is 22.1 Å². The number of carbonyl (C=O) groups is 2. The van der Waals surface area contributed by atoms with Crippen LogP contribution in [0.25, 0.3) is 0 Å². The van der Waals surface area contributed by atoms with Crippen LogP contribution in [0.3, 0.4) is 0 Å². The Morgan fingerprint density at radius 3 is 1.45 bits per heavy atom. The van der Waals surface area contributed by atoms with Gasteiger partial charge in [-0.15, -0.1) is 0 Å². The average molecular weight is 587 g/mol. The van der Waals surface area contributed by atoms with Gasteiger partial charge in [-0.25, -0.2) is 19.6 Å². The molecule has 2 amide bonds. The van der Waals surface area contributed by atoms with Crippen LogP contribution in [-0.4, -0.2) is 100 Å². The van der Waals surface area contributed by atoms with Gasteiger partial charge in [-0.1, -0.05) is 0 Å². The molecule has 0 saturated carbocycles. The maximum Gasteiger partial charge on any atom is 0.410 e. The first-order valence-corrected chi connectivity index (χ1v) is 13.9. The lowest BCUT2D eigenvalue weighted by Crippen LogP contribution is -2.50. The maximum absolute atomic E-state index is 12.0. The highest BCUT2D eigenvalue weighted by molar-refractivity contribution is 5.69. The first kappa shape index (κ1) is 32.2. The molecule has 0 spiro atoms. The lowest BCUT2D eigenvalue weighted by atomic mass is 10.2. The predicted octanol–water partition coefficient (Wildman–Crippen LogP) is 3.77. The number of ether oxygens (including phenoxy) is 2. The molecule has 0 bridgehead atoms. The van der Waals surface area contributed by atoms with E-state index in [2.05, 4.69) is 14.9 Å². The quantitative estimate of drug-likeness (QED) is 0.412. The summed E-state index contributed by atoms with van der Waals surface area (Å²) in [6.07, 6.45) is 2.33. The zero-order valence-electron chi connectivity index (χ0n) is 25.3. The van der Waals surface area contributed by atoms with Gasteiger partial charge in [-0.3, -0.25) is 10.1 Å². The molecule has 0 unspecified atom stereocenters. The van der Waals surface area contributed by atoms with Crippen LogP contribution in [-0.2, 0) is 9.47 Å². The number of anilines is 3. The largest absolute Gasteiger partial charge is 0.444 e. The third-order valence-corrected chi connectivity index (χ3v) is 6.22. The van der Waals surface area contributed by atoms with Gasteiger partial charge >= 0.3 is 12.2 Å². The van der Waals surface area contributed by atoms with Gasteiger partial charge in [0.25, 0.3) is 5.69 Å². The summed E-state index contributed by atoms with van der Waals surface area (Å²) in [5, 5.41) is 10.6. The van der Waals surface area contributed by atoms with Gasteiger partial charge in [0.1, 0.15) is 29.0 Å². The molecule has 42 heavy (non-hydrogen) atoms. The highest BCUT2D eigenvalue weighted by Crippen LogP contribution is 2.19. The summed E-state index contributed by atoms with van der Waals surface area (Å²) in [4.78, 5) is 50.0. The highest BCUT2D eigenvalue weighted by atomic mass is 16.6. The summed E-state index contributed by atoms with van der Waals surface area (Å²) in [5.41, 5.74) is 5.29. The van der Waals surface area contributed by atoms with E-state index in [-0.39, 0.29) is 17.9 Å². The number of nitrogens with two attached hydrogens (primary N) is 1. The summed E-state index contributed by atoms with van der Waals surface area (Å²) in [6, 6.07) is 6.80. The fraction of sp³-hybridized carbons (Fsp3) is 0.571. The van der Waals surface area contributed by atoms with Gasteiger partial charge in [0.2, 0.25) is 0 Å². The van der Waals surface area contributed by atoms with Crippen LogP contribution in [0.4, 0.5) is 32.6 Å². The van der Waals surface area contributed by atoms with E-state index < -0.39 is 16.1 Å². The molecular formula is C28H42N8O6. The smallest absolute Gasteiger partial charge is 0.410 e. The highest BCUT2D eigenvalue weighted by Gasteiger charge is 2.27. The van der Waals surface area contributed by atoms with E-state index in [0.717, 1.165) is 18.9 Å². The molecule has 0 aliphatic carbocycles. The lowest BCUT2D eigenvalue weighted by Gasteiger charge is -2.36. The van der Waals surface area contributed by atoms with Crippen LogP contribution < -0.4 is 15.5 Å². The summed E-state index contributed by atoms with van der Waals surface area (Å²) in [7, 11) is 0. The van der Waals surface area contributed by atoms with Crippen molar-refractivity contribution >= 4 is 35.2 Å². The number of nitro groups is 1. The summed E-state index contributed by atoms with van der Waals surface area (Å²) in [5.74, 6) is 1.57. The molecule has 2 aromatic rings. The van der Waals surface area contributed by atoms with Gasteiger partial charge in [0.15, 0.2) is 0 Å². The number of aromatic nitrogens is 2. The van der Waals surface area contributed by atoms with Crippen molar-refractivity contribution in [1.82, 2.24) is 19.8 Å². The molecule has 230 valence electrons. The molecule has 2 saturated heterocycles. The molecule has 14 heteroatoms. The Labute approximate surface area is 246 Å². The summed E-state index contributed by atoms with van der Waals surface area (Å²) in [6.45, 7) is 16.2. The second-order valence-corrected chi connectivity index (χ2v) is 12.0. The Morgan fingerprint density at radius 1 is 0.738 bits per heavy atom. The predicted molar refractivity (Wildman–Crippen MR) is 160 cm³/mol. The third-order valence-electron chi connectivity index (χ3n) is 6.22. The van der Waals surface area contributed by atoms with Crippen molar-refractivity contribution in [3.63, 3.8) is 0 Å². The minimum Gasteiger partial charge on any atom is -0.444 e. The van der Waals surface area contributed by atoms with Gasteiger partial charge in [-0.2, -0.15) is 0 Å². The van der Waals surface area contributed by atoms with Crippen molar-refractivity contribution in [1.29, 1.82) is 0 Å². The summed E-state index contributed by atoms with van der Waals surface area (Å²) >= 11 is 0. The van der Waals surface area contributed by atoms with Crippen molar-refractivity contribution in [3.8, 4) is 0 Å². The molecular weight excluding hydrogens is 544 g/mol. The van der Waals surface area contributed by atoms with Crippen molar-refractivity contribution in [2.75, 3.05) is 67.9 Å². The Balaban J connectivity index is 0.000000231. The van der Waals surface area contributed by atoms with E-state index in [1.165, 1.54) is 12.3 Å².